The predicted octanol–water partition coefficient (Wildman–Crippen LogP) is 3.49. The number of rotatable bonds is 4. The number of aryl methyl sites for hydroxylation is 1. The molecule has 0 aliphatic carbocycles. The number of Topliss-reactive ketones (excluding diaryl/α,β-unsaturated/α-hetero) is 1. The van der Waals surface area contributed by atoms with Crippen molar-refractivity contribution in [3.8, 4) is 0 Å². The van der Waals surface area contributed by atoms with Gasteiger partial charge in [-0.1, -0.05) is 18.2 Å². The monoisotopic (exact) mass is 282 g/mol. The van der Waals surface area contributed by atoms with E-state index in [1.54, 1.807) is 6.92 Å². The number of ketones is 1. The lowest BCUT2D eigenvalue weighted by Crippen LogP contribution is -2.30. The number of aromatic nitrogens is 1. The van der Waals surface area contributed by atoms with Crippen LogP contribution in [0.5, 0.6) is 0 Å². The fourth-order valence-electron chi connectivity index (χ4n) is 3.41. The maximum Gasteiger partial charge on any atom is 0.131 e. The minimum Gasteiger partial charge on any atom is -0.300 e. The molecule has 0 spiro atoms. The van der Waals surface area contributed by atoms with E-state index < -0.39 is 0 Å². The van der Waals surface area contributed by atoms with Crippen molar-refractivity contribution in [1.29, 1.82) is 0 Å². The Kier molecular flexibility index (Phi) is 4.02. The summed E-state index contributed by atoms with van der Waals surface area (Å²) in [5.74, 6) is 0.294. The van der Waals surface area contributed by atoms with Crippen LogP contribution in [0.15, 0.2) is 30.3 Å². The van der Waals surface area contributed by atoms with Gasteiger partial charge < -0.3 is 0 Å². The first kappa shape index (κ1) is 14.2. The summed E-state index contributed by atoms with van der Waals surface area (Å²) in [5, 5.41) is 1.23. The number of benzene rings is 1. The van der Waals surface area contributed by atoms with Crippen LogP contribution in [0.4, 0.5) is 0 Å². The number of para-hydroxylation sites is 1. The van der Waals surface area contributed by atoms with E-state index in [-0.39, 0.29) is 0 Å². The van der Waals surface area contributed by atoms with Crippen LogP contribution in [0.1, 0.15) is 37.4 Å². The summed E-state index contributed by atoms with van der Waals surface area (Å²) in [5.41, 5.74) is 3.45. The Hall–Kier alpha value is -1.74. The van der Waals surface area contributed by atoms with Crippen LogP contribution in [-0.4, -0.2) is 28.3 Å². The Morgan fingerprint density at radius 2 is 2.19 bits per heavy atom. The lowest BCUT2D eigenvalue weighted by Gasteiger charge is -2.24. The van der Waals surface area contributed by atoms with E-state index in [1.165, 1.54) is 17.4 Å². The first-order valence-corrected chi connectivity index (χ1v) is 7.72. The van der Waals surface area contributed by atoms with E-state index in [1.807, 2.05) is 13.0 Å². The number of carbonyl (C=O) groups is 1. The van der Waals surface area contributed by atoms with E-state index in [0.29, 0.717) is 18.2 Å². The van der Waals surface area contributed by atoms with Gasteiger partial charge in [0, 0.05) is 30.1 Å². The molecule has 1 atom stereocenters. The molecule has 0 bridgehead atoms. The third-order valence-electron chi connectivity index (χ3n) is 4.33. The van der Waals surface area contributed by atoms with Crippen LogP contribution in [0, 0.1) is 6.92 Å². The molecule has 0 radical (unpaired) electrons. The van der Waals surface area contributed by atoms with Crippen molar-refractivity contribution in [3.63, 3.8) is 0 Å². The molecule has 3 heteroatoms. The molecule has 1 aliphatic rings. The largest absolute Gasteiger partial charge is 0.300 e. The summed E-state index contributed by atoms with van der Waals surface area (Å²) in [6, 6.07) is 10.9. The Labute approximate surface area is 126 Å². The van der Waals surface area contributed by atoms with Gasteiger partial charge in [0.05, 0.1) is 5.52 Å². The molecule has 0 saturated carbocycles. The number of pyridine rings is 1. The lowest BCUT2D eigenvalue weighted by molar-refractivity contribution is -0.118. The van der Waals surface area contributed by atoms with E-state index in [4.69, 9.17) is 0 Å². The van der Waals surface area contributed by atoms with Crippen molar-refractivity contribution in [2.45, 2.75) is 45.7 Å². The number of fused-ring (bicyclic) bond motifs is 1. The zero-order valence-electron chi connectivity index (χ0n) is 12.8. The molecular formula is C18H22N2O. The molecule has 1 aromatic heterocycles. The molecule has 0 N–H and O–H groups in total. The quantitative estimate of drug-likeness (QED) is 0.860. The van der Waals surface area contributed by atoms with Crippen LogP contribution in [0.3, 0.4) is 0 Å². The van der Waals surface area contributed by atoms with Gasteiger partial charge in [-0.15, -0.1) is 0 Å². The summed E-state index contributed by atoms with van der Waals surface area (Å²) in [6.07, 6.45) is 3.02. The van der Waals surface area contributed by atoms with Crippen LogP contribution >= 0.6 is 0 Å². The highest BCUT2D eigenvalue weighted by Crippen LogP contribution is 2.26. The minimum absolute atomic E-state index is 0.294. The molecule has 1 aromatic carbocycles. The molecule has 1 unspecified atom stereocenters. The molecule has 1 fully saturated rings. The fourth-order valence-corrected chi connectivity index (χ4v) is 3.41. The Morgan fingerprint density at radius 1 is 1.38 bits per heavy atom. The average molecular weight is 282 g/mol. The summed E-state index contributed by atoms with van der Waals surface area (Å²) in [4.78, 5) is 18.5. The summed E-state index contributed by atoms with van der Waals surface area (Å²) in [6.45, 7) is 5.75. The Bertz CT molecular complexity index is 665. The smallest absolute Gasteiger partial charge is 0.131 e. The van der Waals surface area contributed by atoms with Crippen molar-refractivity contribution < 1.29 is 4.79 Å². The van der Waals surface area contributed by atoms with Crippen LogP contribution in [-0.2, 0) is 11.3 Å². The maximum atomic E-state index is 11.4. The fraction of sp³-hybridized carbons (Fsp3) is 0.444. The number of hydrogen-bond donors (Lipinski definition) is 0. The highest BCUT2D eigenvalue weighted by molar-refractivity contribution is 5.82. The number of likely N-dealkylation sites (tertiary alicyclic amines) is 1. The molecule has 3 rings (SSSR count). The molecule has 2 heterocycles. The van der Waals surface area contributed by atoms with Crippen LogP contribution in [0.2, 0.25) is 0 Å². The van der Waals surface area contributed by atoms with Gasteiger partial charge in [0.1, 0.15) is 5.78 Å². The first-order chi connectivity index (χ1) is 10.1. The van der Waals surface area contributed by atoms with Crippen molar-refractivity contribution >= 4 is 16.7 Å². The van der Waals surface area contributed by atoms with E-state index in [2.05, 4.69) is 34.1 Å². The van der Waals surface area contributed by atoms with Crippen molar-refractivity contribution in [2.75, 3.05) is 6.54 Å². The van der Waals surface area contributed by atoms with Crippen LogP contribution < -0.4 is 0 Å². The molecule has 1 saturated heterocycles. The zero-order valence-corrected chi connectivity index (χ0v) is 12.8. The second-order valence-electron chi connectivity index (χ2n) is 6.11. The molecule has 110 valence electrons. The van der Waals surface area contributed by atoms with Gasteiger partial charge in [-0.3, -0.25) is 14.7 Å². The molecule has 0 amide bonds. The first-order valence-electron chi connectivity index (χ1n) is 7.72. The Balaban J connectivity index is 1.89. The minimum atomic E-state index is 0.294. The summed E-state index contributed by atoms with van der Waals surface area (Å²) >= 11 is 0. The summed E-state index contributed by atoms with van der Waals surface area (Å²) in [7, 11) is 0. The van der Waals surface area contributed by atoms with Gasteiger partial charge in [-0.25, -0.2) is 0 Å². The van der Waals surface area contributed by atoms with Crippen molar-refractivity contribution in [2.24, 2.45) is 0 Å². The third-order valence-corrected chi connectivity index (χ3v) is 4.33. The second kappa shape index (κ2) is 5.94. The van der Waals surface area contributed by atoms with Crippen molar-refractivity contribution in [3.05, 3.63) is 41.6 Å². The van der Waals surface area contributed by atoms with Gasteiger partial charge in [-0.2, -0.15) is 0 Å². The van der Waals surface area contributed by atoms with Gasteiger partial charge >= 0.3 is 0 Å². The van der Waals surface area contributed by atoms with E-state index >= 15 is 0 Å². The highest BCUT2D eigenvalue weighted by atomic mass is 16.1. The highest BCUT2D eigenvalue weighted by Gasteiger charge is 2.25. The third kappa shape index (κ3) is 3.13. The molecule has 3 nitrogen and oxygen atoms in total. The standard InChI is InChI=1S/C18H22N2O/c1-13-10-15(17-7-3-4-8-18(17)19-13)12-20-9-5-6-16(20)11-14(2)21/h3-4,7-8,10,16H,5-6,9,11-12H2,1-2H3. The van der Waals surface area contributed by atoms with Gasteiger partial charge in [0.2, 0.25) is 0 Å². The number of hydrogen-bond acceptors (Lipinski definition) is 3. The predicted molar refractivity (Wildman–Crippen MR) is 85.2 cm³/mol. The lowest BCUT2D eigenvalue weighted by atomic mass is 10.1. The van der Waals surface area contributed by atoms with Gasteiger partial charge in [-0.05, 0) is 50.9 Å². The normalized spacial score (nSPS) is 19.2. The van der Waals surface area contributed by atoms with Gasteiger partial charge in [0.25, 0.3) is 0 Å². The maximum absolute atomic E-state index is 11.4. The number of carbonyl (C=O) groups excluding carboxylic acids is 1. The van der Waals surface area contributed by atoms with Gasteiger partial charge in [0.15, 0.2) is 0 Å². The topological polar surface area (TPSA) is 33.2 Å². The van der Waals surface area contributed by atoms with E-state index in [9.17, 15) is 4.79 Å². The van der Waals surface area contributed by atoms with Crippen molar-refractivity contribution in [1.82, 2.24) is 9.88 Å². The molecule has 21 heavy (non-hydrogen) atoms. The van der Waals surface area contributed by atoms with Crippen LogP contribution in [0.25, 0.3) is 10.9 Å². The number of nitrogens with zero attached hydrogens (tertiary/aromatic N) is 2. The molecular weight excluding hydrogens is 260 g/mol. The average Bonchev–Trinajstić information content (AvgIpc) is 2.85. The summed E-state index contributed by atoms with van der Waals surface area (Å²) < 4.78 is 0. The SMILES string of the molecule is CC(=O)CC1CCCN1Cc1cc(C)nc2ccccc12. The molecule has 1 aliphatic heterocycles. The molecule has 2 aromatic rings. The zero-order chi connectivity index (χ0) is 14.8. The van der Waals surface area contributed by atoms with E-state index in [0.717, 1.165) is 30.7 Å². The second-order valence-corrected chi connectivity index (χ2v) is 6.11. The Morgan fingerprint density at radius 3 is 3.00 bits per heavy atom.